The van der Waals surface area contributed by atoms with E-state index in [0.717, 1.165) is 29.9 Å². The zero-order valence-corrected chi connectivity index (χ0v) is 15.0. The van der Waals surface area contributed by atoms with Crippen LogP contribution >= 0.6 is 0 Å². The average Bonchev–Trinajstić information content (AvgIpc) is 3.46. The maximum Gasteiger partial charge on any atom is 0.238 e. The minimum absolute atomic E-state index is 0.163. The number of benzene rings is 2. The third kappa shape index (κ3) is 4.73. The summed E-state index contributed by atoms with van der Waals surface area (Å²) in [7, 11) is 3.25. The standard InChI is InChI=1S/C20H23FN2O3/c1-25-18-8-9-19(26-2)14(10-18)12-23(17-6-7-17)13-20(24)22-16-5-3-4-15(21)11-16/h3-5,8-11,17H,6-7,12-13H2,1-2H3,(H,22,24). The number of nitrogens with one attached hydrogen (secondary N) is 1. The summed E-state index contributed by atoms with van der Waals surface area (Å²) in [4.78, 5) is 14.5. The molecule has 0 bridgehead atoms. The number of anilines is 1. The van der Waals surface area contributed by atoms with Gasteiger partial charge in [-0.25, -0.2) is 4.39 Å². The van der Waals surface area contributed by atoms with Crippen molar-refractivity contribution in [3.8, 4) is 11.5 Å². The van der Waals surface area contributed by atoms with Crippen molar-refractivity contribution < 1.29 is 18.7 Å². The van der Waals surface area contributed by atoms with Crippen LogP contribution in [-0.2, 0) is 11.3 Å². The van der Waals surface area contributed by atoms with Crippen molar-refractivity contribution in [3.63, 3.8) is 0 Å². The summed E-state index contributed by atoms with van der Waals surface area (Å²) in [5.74, 6) is 0.982. The molecular formula is C20H23FN2O3. The Balaban J connectivity index is 1.69. The summed E-state index contributed by atoms with van der Waals surface area (Å²) in [6.45, 7) is 0.823. The van der Waals surface area contributed by atoms with Crippen molar-refractivity contribution in [2.75, 3.05) is 26.1 Å². The Morgan fingerprint density at radius 1 is 1.19 bits per heavy atom. The summed E-state index contributed by atoms with van der Waals surface area (Å²) in [5.41, 5.74) is 1.43. The average molecular weight is 358 g/mol. The van der Waals surface area contributed by atoms with Crippen LogP contribution in [0.15, 0.2) is 42.5 Å². The molecule has 1 aliphatic carbocycles. The van der Waals surface area contributed by atoms with Crippen LogP contribution in [0.3, 0.4) is 0 Å². The molecule has 6 heteroatoms. The maximum absolute atomic E-state index is 13.3. The van der Waals surface area contributed by atoms with Crippen LogP contribution < -0.4 is 14.8 Å². The predicted molar refractivity (Wildman–Crippen MR) is 98.0 cm³/mol. The Bertz CT molecular complexity index is 777. The number of rotatable bonds is 8. The molecule has 1 aliphatic rings. The van der Waals surface area contributed by atoms with E-state index in [1.807, 2.05) is 18.2 Å². The molecule has 0 aliphatic heterocycles. The molecule has 0 unspecified atom stereocenters. The van der Waals surface area contributed by atoms with Gasteiger partial charge in [0.1, 0.15) is 17.3 Å². The van der Waals surface area contributed by atoms with Crippen LogP contribution in [0.25, 0.3) is 0 Å². The Labute approximate surface area is 152 Å². The third-order valence-corrected chi connectivity index (χ3v) is 4.38. The van der Waals surface area contributed by atoms with Crippen LogP contribution in [0.1, 0.15) is 18.4 Å². The minimum atomic E-state index is -0.372. The molecule has 26 heavy (non-hydrogen) atoms. The third-order valence-electron chi connectivity index (χ3n) is 4.38. The highest BCUT2D eigenvalue weighted by Crippen LogP contribution is 2.31. The topological polar surface area (TPSA) is 50.8 Å². The molecule has 138 valence electrons. The number of carbonyl (C=O) groups excluding carboxylic acids is 1. The molecule has 1 N–H and O–H groups in total. The number of amides is 1. The molecule has 5 nitrogen and oxygen atoms in total. The molecule has 2 aromatic rings. The maximum atomic E-state index is 13.3. The molecule has 0 heterocycles. The van der Waals surface area contributed by atoms with Gasteiger partial charge in [0.05, 0.1) is 20.8 Å². The lowest BCUT2D eigenvalue weighted by molar-refractivity contribution is -0.117. The Hall–Kier alpha value is -2.60. The highest BCUT2D eigenvalue weighted by molar-refractivity contribution is 5.92. The van der Waals surface area contributed by atoms with Gasteiger partial charge in [0.25, 0.3) is 0 Å². The predicted octanol–water partition coefficient (Wildman–Crippen LogP) is 3.45. The summed E-state index contributed by atoms with van der Waals surface area (Å²) in [6.07, 6.45) is 2.14. The molecule has 0 aromatic heterocycles. The lowest BCUT2D eigenvalue weighted by Gasteiger charge is -2.23. The number of hydrogen-bond donors (Lipinski definition) is 1. The van der Waals surface area contributed by atoms with Gasteiger partial charge in [-0.05, 0) is 49.2 Å². The zero-order valence-electron chi connectivity index (χ0n) is 15.0. The first-order valence-electron chi connectivity index (χ1n) is 8.59. The van der Waals surface area contributed by atoms with Gasteiger partial charge in [0, 0.05) is 23.8 Å². The van der Waals surface area contributed by atoms with Crippen molar-refractivity contribution in [1.82, 2.24) is 4.90 Å². The summed E-state index contributed by atoms with van der Waals surface area (Å²) < 4.78 is 24.0. The van der Waals surface area contributed by atoms with Crippen LogP contribution in [0.4, 0.5) is 10.1 Å². The number of hydrogen-bond acceptors (Lipinski definition) is 4. The molecular weight excluding hydrogens is 335 g/mol. The normalized spacial score (nSPS) is 13.5. The molecule has 0 saturated heterocycles. The minimum Gasteiger partial charge on any atom is -0.497 e. The lowest BCUT2D eigenvalue weighted by atomic mass is 10.1. The number of halogens is 1. The first-order valence-corrected chi connectivity index (χ1v) is 8.59. The lowest BCUT2D eigenvalue weighted by Crippen LogP contribution is -2.34. The molecule has 3 rings (SSSR count). The molecule has 0 radical (unpaired) electrons. The first-order chi connectivity index (χ1) is 12.6. The van der Waals surface area contributed by atoms with Crippen LogP contribution in [0.5, 0.6) is 11.5 Å². The summed E-state index contributed by atoms with van der Waals surface area (Å²) >= 11 is 0. The van der Waals surface area contributed by atoms with Gasteiger partial charge in [-0.3, -0.25) is 9.69 Å². The molecule has 0 spiro atoms. The largest absolute Gasteiger partial charge is 0.497 e. The van der Waals surface area contributed by atoms with E-state index < -0.39 is 0 Å². The monoisotopic (exact) mass is 358 g/mol. The fourth-order valence-corrected chi connectivity index (χ4v) is 2.93. The molecule has 1 saturated carbocycles. The smallest absolute Gasteiger partial charge is 0.238 e. The number of ether oxygens (including phenoxy) is 2. The van der Waals surface area contributed by atoms with Crippen molar-refractivity contribution in [3.05, 3.63) is 53.8 Å². The molecule has 2 aromatic carbocycles. The van der Waals surface area contributed by atoms with E-state index in [9.17, 15) is 9.18 Å². The van der Waals surface area contributed by atoms with Crippen LogP contribution in [-0.4, -0.2) is 37.6 Å². The van der Waals surface area contributed by atoms with Crippen molar-refractivity contribution in [2.24, 2.45) is 0 Å². The van der Waals surface area contributed by atoms with Gasteiger partial charge < -0.3 is 14.8 Å². The highest BCUT2D eigenvalue weighted by Gasteiger charge is 2.31. The van der Waals surface area contributed by atoms with Crippen LogP contribution in [0.2, 0.25) is 0 Å². The van der Waals surface area contributed by atoms with E-state index >= 15 is 0 Å². The van der Waals surface area contributed by atoms with E-state index in [1.165, 1.54) is 12.1 Å². The molecule has 1 fully saturated rings. The quantitative estimate of drug-likeness (QED) is 0.785. The SMILES string of the molecule is COc1ccc(OC)c(CN(CC(=O)Nc2cccc(F)c2)C2CC2)c1. The van der Waals surface area contributed by atoms with Crippen molar-refractivity contribution in [2.45, 2.75) is 25.4 Å². The van der Waals surface area contributed by atoms with E-state index in [4.69, 9.17) is 9.47 Å². The first kappa shape index (κ1) is 18.2. The molecule has 0 atom stereocenters. The Kier molecular flexibility index (Phi) is 5.73. The fourth-order valence-electron chi connectivity index (χ4n) is 2.93. The number of methoxy groups -OCH3 is 2. The molecule has 1 amide bonds. The van der Waals surface area contributed by atoms with Gasteiger partial charge in [-0.15, -0.1) is 0 Å². The second-order valence-electron chi connectivity index (χ2n) is 6.37. The Morgan fingerprint density at radius 3 is 2.65 bits per heavy atom. The van der Waals surface area contributed by atoms with Crippen molar-refractivity contribution >= 4 is 11.6 Å². The van der Waals surface area contributed by atoms with Gasteiger partial charge in [0.15, 0.2) is 0 Å². The van der Waals surface area contributed by atoms with Gasteiger partial charge >= 0.3 is 0 Å². The number of nitrogens with zero attached hydrogens (tertiary/aromatic N) is 1. The van der Waals surface area contributed by atoms with Gasteiger partial charge in [-0.1, -0.05) is 6.07 Å². The second-order valence-corrected chi connectivity index (χ2v) is 6.37. The highest BCUT2D eigenvalue weighted by atomic mass is 19.1. The summed E-state index contributed by atoms with van der Waals surface area (Å²) in [5, 5.41) is 2.76. The summed E-state index contributed by atoms with van der Waals surface area (Å²) in [6, 6.07) is 11.9. The van der Waals surface area contributed by atoms with Gasteiger partial charge in [0.2, 0.25) is 5.91 Å². The van der Waals surface area contributed by atoms with Crippen LogP contribution in [0, 0.1) is 5.82 Å². The fraction of sp³-hybridized carbons (Fsp3) is 0.350. The van der Waals surface area contributed by atoms with E-state index in [2.05, 4.69) is 10.2 Å². The number of carbonyl (C=O) groups is 1. The zero-order chi connectivity index (χ0) is 18.5. The van der Waals surface area contributed by atoms with E-state index in [-0.39, 0.29) is 18.3 Å². The van der Waals surface area contributed by atoms with Gasteiger partial charge in [-0.2, -0.15) is 0 Å². The van der Waals surface area contributed by atoms with E-state index in [1.54, 1.807) is 26.4 Å². The Morgan fingerprint density at radius 2 is 2.00 bits per heavy atom. The van der Waals surface area contributed by atoms with Crippen molar-refractivity contribution in [1.29, 1.82) is 0 Å². The second kappa shape index (κ2) is 8.19. The van der Waals surface area contributed by atoms with E-state index in [0.29, 0.717) is 18.3 Å².